The van der Waals surface area contributed by atoms with E-state index in [0.717, 1.165) is 30.9 Å². The Balaban J connectivity index is 1.52. The summed E-state index contributed by atoms with van der Waals surface area (Å²) in [6.07, 6.45) is 2.43. The average molecular weight is 334 g/mol. The van der Waals surface area contributed by atoms with Gasteiger partial charge in [-0.25, -0.2) is 4.68 Å². The van der Waals surface area contributed by atoms with Gasteiger partial charge in [-0.15, -0.1) is 5.10 Å². The summed E-state index contributed by atoms with van der Waals surface area (Å²) in [6.45, 7) is 1.86. The maximum atomic E-state index is 12.3. The number of amides is 1. The number of carbonyl (C=O) groups is 1. The molecule has 1 aromatic heterocycles. The fourth-order valence-corrected chi connectivity index (χ4v) is 3.15. The summed E-state index contributed by atoms with van der Waals surface area (Å²) in [5.41, 5.74) is 4.57. The lowest BCUT2D eigenvalue weighted by Crippen LogP contribution is -2.31. The molecule has 0 spiro atoms. The molecule has 0 fully saturated rings. The Labute approximate surface area is 145 Å². The number of rotatable bonds is 4. The maximum Gasteiger partial charge on any atom is 0.246 e. The van der Waals surface area contributed by atoms with Crippen LogP contribution in [0.5, 0.6) is 0 Å². The van der Waals surface area contributed by atoms with E-state index in [9.17, 15) is 4.79 Å². The monoisotopic (exact) mass is 334 g/mol. The number of nitrogens with one attached hydrogen (secondary N) is 1. The summed E-state index contributed by atoms with van der Waals surface area (Å²) in [4.78, 5) is 14.6. The lowest BCUT2D eigenvalue weighted by molar-refractivity contribution is -0.116. The van der Waals surface area contributed by atoms with Crippen LogP contribution in [0.2, 0.25) is 0 Å². The van der Waals surface area contributed by atoms with Gasteiger partial charge in [-0.1, -0.05) is 36.4 Å². The molecule has 0 aliphatic carbocycles. The molecule has 3 aromatic rings. The number of aromatic nitrogens is 4. The van der Waals surface area contributed by atoms with E-state index in [4.69, 9.17) is 0 Å². The predicted molar refractivity (Wildman–Crippen MR) is 94.1 cm³/mol. The number of nitrogens with zero attached hydrogens (tertiary/aromatic N) is 5. The second-order valence-corrected chi connectivity index (χ2v) is 6.01. The molecule has 0 atom stereocenters. The van der Waals surface area contributed by atoms with Crippen molar-refractivity contribution < 1.29 is 4.79 Å². The highest BCUT2D eigenvalue weighted by atomic mass is 16.2. The highest BCUT2D eigenvalue weighted by molar-refractivity contribution is 5.94. The third-order valence-electron chi connectivity index (χ3n) is 4.35. The normalized spacial score (nSPS) is 13.4. The molecule has 25 heavy (non-hydrogen) atoms. The van der Waals surface area contributed by atoms with Crippen molar-refractivity contribution in [3.63, 3.8) is 0 Å². The van der Waals surface area contributed by atoms with Crippen molar-refractivity contribution >= 4 is 17.3 Å². The molecule has 1 N–H and O–H groups in total. The molecule has 0 saturated heterocycles. The van der Waals surface area contributed by atoms with Gasteiger partial charge >= 0.3 is 0 Å². The molecule has 0 bridgehead atoms. The predicted octanol–water partition coefficient (Wildman–Crippen LogP) is 1.87. The Morgan fingerprint density at radius 2 is 1.88 bits per heavy atom. The summed E-state index contributed by atoms with van der Waals surface area (Å²) in [5, 5.41) is 13.8. The van der Waals surface area contributed by atoms with E-state index >= 15 is 0 Å². The molecule has 1 aliphatic heterocycles. The zero-order chi connectivity index (χ0) is 17.1. The summed E-state index contributed by atoms with van der Waals surface area (Å²) in [7, 11) is 0. The SMILES string of the molecule is O=C(Cn1cnnn1)Nc1ccccc1N1CCc2ccccc2C1. The Bertz CT molecular complexity index is 877. The molecular formula is C18H18N6O. The first kappa shape index (κ1) is 15.3. The molecule has 1 amide bonds. The van der Waals surface area contributed by atoms with Crippen LogP contribution in [-0.4, -0.2) is 32.7 Å². The quantitative estimate of drug-likeness (QED) is 0.788. The van der Waals surface area contributed by atoms with Gasteiger partial charge in [-0.05, 0) is 40.1 Å². The van der Waals surface area contributed by atoms with Crippen LogP contribution in [-0.2, 0) is 24.3 Å². The maximum absolute atomic E-state index is 12.3. The number of para-hydroxylation sites is 2. The smallest absolute Gasteiger partial charge is 0.246 e. The number of tetrazole rings is 1. The molecule has 0 unspecified atom stereocenters. The van der Waals surface area contributed by atoms with Crippen LogP contribution in [0.4, 0.5) is 11.4 Å². The van der Waals surface area contributed by atoms with E-state index < -0.39 is 0 Å². The summed E-state index contributed by atoms with van der Waals surface area (Å²) in [6, 6.07) is 16.4. The second-order valence-electron chi connectivity index (χ2n) is 6.01. The fraction of sp³-hybridized carbons (Fsp3) is 0.222. The van der Waals surface area contributed by atoms with E-state index in [1.807, 2.05) is 24.3 Å². The van der Waals surface area contributed by atoms with Gasteiger partial charge in [0.25, 0.3) is 0 Å². The first-order valence-electron chi connectivity index (χ1n) is 8.21. The second kappa shape index (κ2) is 6.72. The van der Waals surface area contributed by atoms with Gasteiger partial charge in [-0.2, -0.15) is 0 Å². The van der Waals surface area contributed by atoms with E-state index in [1.165, 1.54) is 22.1 Å². The van der Waals surface area contributed by atoms with Gasteiger partial charge in [0.1, 0.15) is 12.9 Å². The third kappa shape index (κ3) is 3.35. The minimum Gasteiger partial charge on any atom is -0.365 e. The number of benzene rings is 2. The Morgan fingerprint density at radius 1 is 1.08 bits per heavy atom. The summed E-state index contributed by atoms with van der Waals surface area (Å²) < 4.78 is 1.40. The van der Waals surface area contributed by atoms with Crippen LogP contribution in [0.3, 0.4) is 0 Å². The van der Waals surface area contributed by atoms with Crippen molar-refractivity contribution in [2.24, 2.45) is 0 Å². The molecule has 0 saturated carbocycles. The minimum absolute atomic E-state index is 0.0875. The third-order valence-corrected chi connectivity index (χ3v) is 4.35. The molecule has 1 aliphatic rings. The molecule has 7 heteroatoms. The van der Waals surface area contributed by atoms with Crippen LogP contribution in [0.15, 0.2) is 54.9 Å². The summed E-state index contributed by atoms with van der Waals surface area (Å²) >= 11 is 0. The van der Waals surface area contributed by atoms with Gasteiger partial charge in [-0.3, -0.25) is 4.79 Å². The first-order valence-corrected chi connectivity index (χ1v) is 8.21. The molecular weight excluding hydrogens is 316 g/mol. The summed E-state index contributed by atoms with van der Waals surface area (Å²) in [5.74, 6) is -0.155. The van der Waals surface area contributed by atoms with E-state index in [2.05, 4.69) is 50.0 Å². The molecule has 2 aromatic carbocycles. The standard InChI is InChI=1S/C18H18N6O/c25-18(12-24-13-19-21-22-24)20-16-7-3-4-8-17(16)23-10-9-14-5-1-2-6-15(14)11-23/h1-8,13H,9-12H2,(H,20,25). The minimum atomic E-state index is -0.155. The zero-order valence-corrected chi connectivity index (χ0v) is 13.7. The zero-order valence-electron chi connectivity index (χ0n) is 13.7. The average Bonchev–Trinajstić information content (AvgIpc) is 3.14. The number of carbonyl (C=O) groups excluding carboxylic acids is 1. The highest BCUT2D eigenvalue weighted by Gasteiger charge is 2.19. The van der Waals surface area contributed by atoms with Crippen LogP contribution in [0.25, 0.3) is 0 Å². The topological polar surface area (TPSA) is 75.9 Å². The number of hydrogen-bond acceptors (Lipinski definition) is 5. The van der Waals surface area contributed by atoms with Crippen molar-refractivity contribution in [3.8, 4) is 0 Å². The molecule has 0 radical (unpaired) electrons. The molecule has 4 rings (SSSR count). The van der Waals surface area contributed by atoms with Gasteiger partial charge < -0.3 is 10.2 Å². The van der Waals surface area contributed by atoms with Crippen molar-refractivity contribution in [1.29, 1.82) is 0 Å². The van der Waals surface area contributed by atoms with Crippen LogP contribution in [0, 0.1) is 0 Å². The number of anilines is 2. The van der Waals surface area contributed by atoms with Crippen LogP contribution < -0.4 is 10.2 Å². The Kier molecular flexibility index (Phi) is 4.12. The Hall–Kier alpha value is -3.22. The van der Waals surface area contributed by atoms with E-state index in [1.54, 1.807) is 0 Å². The Morgan fingerprint density at radius 3 is 2.72 bits per heavy atom. The molecule has 7 nitrogen and oxygen atoms in total. The lowest BCUT2D eigenvalue weighted by atomic mass is 9.99. The molecule has 2 heterocycles. The van der Waals surface area contributed by atoms with E-state index in [-0.39, 0.29) is 12.5 Å². The van der Waals surface area contributed by atoms with Gasteiger partial charge in [0.05, 0.1) is 11.4 Å². The number of fused-ring (bicyclic) bond motifs is 1. The van der Waals surface area contributed by atoms with Crippen molar-refractivity contribution in [3.05, 3.63) is 66.0 Å². The van der Waals surface area contributed by atoms with Crippen molar-refractivity contribution in [1.82, 2.24) is 20.2 Å². The van der Waals surface area contributed by atoms with Gasteiger partial charge in [0.15, 0.2) is 0 Å². The van der Waals surface area contributed by atoms with Crippen molar-refractivity contribution in [2.75, 3.05) is 16.8 Å². The fourth-order valence-electron chi connectivity index (χ4n) is 3.15. The number of hydrogen-bond donors (Lipinski definition) is 1. The van der Waals surface area contributed by atoms with Crippen molar-refractivity contribution in [2.45, 2.75) is 19.5 Å². The van der Waals surface area contributed by atoms with Gasteiger partial charge in [0.2, 0.25) is 5.91 Å². The highest BCUT2D eigenvalue weighted by Crippen LogP contribution is 2.30. The van der Waals surface area contributed by atoms with E-state index in [0.29, 0.717) is 0 Å². The van der Waals surface area contributed by atoms with Gasteiger partial charge in [0, 0.05) is 13.1 Å². The lowest BCUT2D eigenvalue weighted by Gasteiger charge is -2.32. The van der Waals surface area contributed by atoms with Crippen LogP contribution >= 0.6 is 0 Å². The molecule has 126 valence electrons. The van der Waals surface area contributed by atoms with Crippen LogP contribution in [0.1, 0.15) is 11.1 Å². The largest absolute Gasteiger partial charge is 0.365 e. The first-order chi connectivity index (χ1) is 12.3.